The molecule has 0 amide bonds. The Labute approximate surface area is 82.4 Å². The lowest BCUT2D eigenvalue weighted by molar-refractivity contribution is 0.859. The molecule has 0 saturated heterocycles. The molecule has 2 aromatic rings. The van der Waals surface area contributed by atoms with Crippen molar-refractivity contribution in [2.45, 2.75) is 19.8 Å². The number of benzene rings is 1. The van der Waals surface area contributed by atoms with Gasteiger partial charge in [-0.25, -0.2) is 0 Å². The van der Waals surface area contributed by atoms with Gasteiger partial charge in [-0.2, -0.15) is 5.21 Å². The summed E-state index contributed by atoms with van der Waals surface area (Å²) in [6.07, 6.45) is 1.80. The Morgan fingerprint density at radius 1 is 1.21 bits per heavy atom. The maximum atomic E-state index is 3.91. The van der Waals surface area contributed by atoms with E-state index in [1.165, 1.54) is 11.1 Å². The van der Waals surface area contributed by atoms with Crippen LogP contribution in [0, 0.1) is 6.92 Å². The van der Waals surface area contributed by atoms with E-state index in [0.29, 0.717) is 0 Å². The molecule has 1 aromatic carbocycles. The van der Waals surface area contributed by atoms with Gasteiger partial charge in [-0.05, 0) is 24.5 Å². The van der Waals surface area contributed by atoms with Gasteiger partial charge in [0.1, 0.15) is 0 Å². The molecule has 14 heavy (non-hydrogen) atoms. The van der Waals surface area contributed by atoms with Gasteiger partial charge in [0.25, 0.3) is 0 Å². The van der Waals surface area contributed by atoms with Gasteiger partial charge in [0, 0.05) is 6.42 Å². The van der Waals surface area contributed by atoms with Gasteiger partial charge in [0.2, 0.25) is 0 Å². The third-order valence-corrected chi connectivity index (χ3v) is 2.27. The number of nitrogens with zero attached hydrogens (tertiary/aromatic N) is 3. The highest BCUT2D eigenvalue weighted by molar-refractivity contribution is 5.25. The van der Waals surface area contributed by atoms with E-state index >= 15 is 0 Å². The van der Waals surface area contributed by atoms with E-state index in [0.717, 1.165) is 18.7 Å². The van der Waals surface area contributed by atoms with Crippen LogP contribution < -0.4 is 0 Å². The smallest absolute Gasteiger partial charge is 0.174 e. The Morgan fingerprint density at radius 2 is 2.07 bits per heavy atom. The van der Waals surface area contributed by atoms with Crippen molar-refractivity contribution in [3.63, 3.8) is 0 Å². The fourth-order valence-corrected chi connectivity index (χ4v) is 1.43. The number of aromatic amines is 1. The van der Waals surface area contributed by atoms with Crippen LogP contribution in [0.2, 0.25) is 0 Å². The standard InChI is InChI=1S/C10H12N4/c1-8-4-2-3-5-9(8)6-7-10-11-13-14-12-10/h2-5H,6-7H2,1H3,(H,11,12,13,14). The van der Waals surface area contributed by atoms with Gasteiger partial charge < -0.3 is 0 Å². The number of hydrogen-bond donors (Lipinski definition) is 1. The number of aryl methyl sites for hydroxylation is 3. The van der Waals surface area contributed by atoms with Crippen molar-refractivity contribution in [3.8, 4) is 0 Å². The fraction of sp³-hybridized carbons (Fsp3) is 0.300. The summed E-state index contributed by atoms with van der Waals surface area (Å²) in [5.41, 5.74) is 2.66. The van der Waals surface area contributed by atoms with Crippen LogP contribution in [0.4, 0.5) is 0 Å². The van der Waals surface area contributed by atoms with Crippen molar-refractivity contribution in [3.05, 3.63) is 41.2 Å². The fourth-order valence-electron chi connectivity index (χ4n) is 1.43. The maximum absolute atomic E-state index is 3.91. The van der Waals surface area contributed by atoms with Crippen molar-refractivity contribution in [1.29, 1.82) is 0 Å². The van der Waals surface area contributed by atoms with E-state index in [1.807, 2.05) is 6.07 Å². The molecule has 1 N–H and O–H groups in total. The first-order valence-corrected chi connectivity index (χ1v) is 4.63. The molecule has 0 aliphatic heterocycles. The second-order valence-electron chi connectivity index (χ2n) is 3.25. The van der Waals surface area contributed by atoms with Crippen LogP contribution in [-0.2, 0) is 12.8 Å². The molecule has 1 aromatic heterocycles. The van der Waals surface area contributed by atoms with Crippen LogP contribution in [0.3, 0.4) is 0 Å². The molecular weight excluding hydrogens is 176 g/mol. The average molecular weight is 188 g/mol. The van der Waals surface area contributed by atoms with Crippen LogP contribution in [-0.4, -0.2) is 20.6 Å². The van der Waals surface area contributed by atoms with Gasteiger partial charge in [-0.15, -0.1) is 10.2 Å². The Balaban J connectivity index is 2.02. The summed E-state index contributed by atoms with van der Waals surface area (Å²) in [5, 5.41) is 13.8. The highest BCUT2D eigenvalue weighted by Gasteiger charge is 2.01. The molecular formula is C10H12N4. The summed E-state index contributed by atoms with van der Waals surface area (Å²) in [6, 6.07) is 8.35. The molecule has 1 heterocycles. The van der Waals surface area contributed by atoms with Crippen molar-refractivity contribution < 1.29 is 0 Å². The maximum Gasteiger partial charge on any atom is 0.174 e. The van der Waals surface area contributed by atoms with Crippen molar-refractivity contribution in [1.82, 2.24) is 20.6 Å². The number of tetrazole rings is 1. The SMILES string of the molecule is Cc1ccccc1CCc1nn[nH]n1. The van der Waals surface area contributed by atoms with Gasteiger partial charge in [-0.3, -0.25) is 0 Å². The number of aromatic nitrogens is 4. The molecule has 0 unspecified atom stereocenters. The zero-order chi connectivity index (χ0) is 9.80. The normalized spacial score (nSPS) is 10.4. The van der Waals surface area contributed by atoms with Crippen molar-refractivity contribution in [2.24, 2.45) is 0 Å². The summed E-state index contributed by atoms with van der Waals surface area (Å²) >= 11 is 0. The van der Waals surface area contributed by atoms with E-state index in [-0.39, 0.29) is 0 Å². The Hall–Kier alpha value is -1.71. The molecule has 0 spiro atoms. The van der Waals surface area contributed by atoms with Crippen molar-refractivity contribution in [2.75, 3.05) is 0 Å². The van der Waals surface area contributed by atoms with E-state index in [1.54, 1.807) is 0 Å². The summed E-state index contributed by atoms with van der Waals surface area (Å²) in [6.45, 7) is 2.12. The van der Waals surface area contributed by atoms with E-state index < -0.39 is 0 Å². The molecule has 0 fully saturated rings. The third-order valence-electron chi connectivity index (χ3n) is 2.27. The largest absolute Gasteiger partial charge is 0.177 e. The average Bonchev–Trinajstić information content (AvgIpc) is 2.69. The first-order valence-electron chi connectivity index (χ1n) is 4.63. The molecule has 0 aliphatic rings. The predicted octanol–water partition coefficient (Wildman–Crippen LogP) is 1.29. The lowest BCUT2D eigenvalue weighted by atomic mass is 10.0. The molecule has 0 bridgehead atoms. The zero-order valence-electron chi connectivity index (χ0n) is 8.07. The van der Waals surface area contributed by atoms with Crippen LogP contribution in [0.5, 0.6) is 0 Å². The Bertz CT molecular complexity index is 394. The van der Waals surface area contributed by atoms with E-state index in [2.05, 4.69) is 45.7 Å². The highest BCUT2D eigenvalue weighted by atomic mass is 15.5. The summed E-state index contributed by atoms with van der Waals surface area (Å²) in [7, 11) is 0. The van der Waals surface area contributed by atoms with Crippen LogP contribution in [0.1, 0.15) is 17.0 Å². The van der Waals surface area contributed by atoms with Crippen LogP contribution in [0.25, 0.3) is 0 Å². The number of rotatable bonds is 3. The second kappa shape index (κ2) is 4.00. The zero-order valence-corrected chi connectivity index (χ0v) is 8.07. The van der Waals surface area contributed by atoms with Gasteiger partial charge in [0.15, 0.2) is 5.82 Å². The van der Waals surface area contributed by atoms with Gasteiger partial charge in [0.05, 0.1) is 0 Å². The minimum Gasteiger partial charge on any atom is -0.177 e. The first-order chi connectivity index (χ1) is 6.86. The summed E-state index contributed by atoms with van der Waals surface area (Å²) in [4.78, 5) is 0. The topological polar surface area (TPSA) is 54.5 Å². The molecule has 4 nitrogen and oxygen atoms in total. The molecule has 0 atom stereocenters. The number of hydrogen-bond acceptors (Lipinski definition) is 3. The minimum atomic E-state index is 0.772. The Kier molecular flexibility index (Phi) is 2.53. The lowest BCUT2D eigenvalue weighted by Crippen LogP contribution is -1.95. The van der Waals surface area contributed by atoms with Crippen molar-refractivity contribution >= 4 is 0 Å². The first kappa shape index (κ1) is 8.87. The third kappa shape index (κ3) is 1.96. The van der Waals surface area contributed by atoms with Gasteiger partial charge >= 0.3 is 0 Å². The quantitative estimate of drug-likeness (QED) is 0.789. The van der Waals surface area contributed by atoms with Crippen LogP contribution >= 0.6 is 0 Å². The monoisotopic (exact) mass is 188 g/mol. The molecule has 72 valence electrons. The van der Waals surface area contributed by atoms with Crippen LogP contribution in [0.15, 0.2) is 24.3 Å². The number of H-pyrrole nitrogens is 1. The minimum absolute atomic E-state index is 0.772. The summed E-state index contributed by atoms with van der Waals surface area (Å²) in [5.74, 6) is 0.772. The Morgan fingerprint density at radius 3 is 2.79 bits per heavy atom. The second-order valence-corrected chi connectivity index (χ2v) is 3.25. The molecule has 0 aliphatic carbocycles. The van der Waals surface area contributed by atoms with Gasteiger partial charge in [-0.1, -0.05) is 29.5 Å². The molecule has 2 rings (SSSR count). The van der Waals surface area contributed by atoms with E-state index in [4.69, 9.17) is 0 Å². The lowest BCUT2D eigenvalue weighted by Gasteiger charge is -2.02. The summed E-state index contributed by atoms with van der Waals surface area (Å²) < 4.78 is 0. The highest BCUT2D eigenvalue weighted by Crippen LogP contribution is 2.09. The predicted molar refractivity (Wildman–Crippen MR) is 52.8 cm³/mol. The number of nitrogens with one attached hydrogen (secondary N) is 1. The molecule has 0 radical (unpaired) electrons. The molecule has 0 saturated carbocycles. The van der Waals surface area contributed by atoms with E-state index in [9.17, 15) is 0 Å². The molecule has 4 heteroatoms.